The smallest absolute Gasteiger partial charge is 0.355 e. The Bertz CT molecular complexity index is 862. The Morgan fingerprint density at radius 1 is 1.48 bits per heavy atom. The van der Waals surface area contributed by atoms with E-state index in [9.17, 15) is 9.59 Å². The van der Waals surface area contributed by atoms with Crippen LogP contribution in [-0.2, 0) is 4.79 Å². The number of thiazole rings is 1. The fraction of sp³-hybridized carbons (Fsp3) is 0.353. The van der Waals surface area contributed by atoms with Gasteiger partial charge in [-0.3, -0.25) is 4.79 Å². The number of nitrogens with zero attached hydrogens (tertiary/aromatic N) is 2. The number of likely N-dealkylation sites (tertiary alicyclic amines) is 1. The van der Waals surface area contributed by atoms with Gasteiger partial charge in [0.1, 0.15) is 0 Å². The molecule has 1 aliphatic rings. The topological polar surface area (TPSA) is 96.5 Å². The van der Waals surface area contributed by atoms with Crippen LogP contribution in [0.2, 0.25) is 10.0 Å². The van der Waals surface area contributed by atoms with Crippen LogP contribution >= 0.6 is 46.3 Å². The summed E-state index contributed by atoms with van der Waals surface area (Å²) in [6.45, 7) is 0.502. The lowest BCUT2D eigenvalue weighted by Gasteiger charge is -2.30. The Hall–Kier alpha value is -1.32. The number of carboxylic acid groups (broad SMARTS) is 1. The molecule has 0 radical (unpaired) electrons. The monoisotopic (exact) mass is 445 g/mol. The number of rotatable bonds is 7. The van der Waals surface area contributed by atoms with Gasteiger partial charge in [-0.25, -0.2) is 9.78 Å². The molecule has 1 amide bonds. The van der Waals surface area contributed by atoms with Crippen molar-refractivity contribution in [1.82, 2.24) is 9.88 Å². The van der Waals surface area contributed by atoms with Crippen molar-refractivity contribution in [2.75, 3.05) is 12.3 Å². The third-order valence-electron chi connectivity index (χ3n) is 4.37. The summed E-state index contributed by atoms with van der Waals surface area (Å²) in [6.07, 6.45) is 1.11. The van der Waals surface area contributed by atoms with E-state index in [1.807, 2.05) is 0 Å². The Kier molecular flexibility index (Phi) is 6.65. The fourth-order valence-electron chi connectivity index (χ4n) is 3.05. The number of thioether (sulfide) groups is 1. The molecule has 27 heavy (non-hydrogen) atoms. The lowest BCUT2D eigenvalue weighted by atomic mass is 9.98. The first-order valence-corrected chi connectivity index (χ1v) is 10.8. The van der Waals surface area contributed by atoms with Crippen LogP contribution < -0.4 is 5.73 Å². The molecule has 1 aliphatic heterocycles. The number of benzene rings is 1. The van der Waals surface area contributed by atoms with Crippen molar-refractivity contribution < 1.29 is 14.7 Å². The number of aromatic nitrogens is 1. The SMILES string of the molecule is NC(c1cc(Cl)ccc1Cl)[C@H]1CCC(=O)N1CCSc1nc(C(=O)O)cs1. The highest BCUT2D eigenvalue weighted by molar-refractivity contribution is 8.01. The lowest BCUT2D eigenvalue weighted by molar-refractivity contribution is -0.128. The largest absolute Gasteiger partial charge is 0.476 e. The number of amides is 1. The van der Waals surface area contributed by atoms with Gasteiger partial charge in [-0.2, -0.15) is 0 Å². The molecule has 2 heterocycles. The second-order valence-electron chi connectivity index (χ2n) is 6.04. The van der Waals surface area contributed by atoms with E-state index in [2.05, 4.69) is 4.98 Å². The zero-order valence-corrected chi connectivity index (χ0v) is 17.2. The molecule has 0 saturated carbocycles. The molecule has 1 aromatic heterocycles. The predicted molar refractivity (Wildman–Crippen MR) is 108 cm³/mol. The highest BCUT2D eigenvalue weighted by Crippen LogP contribution is 2.34. The average Bonchev–Trinajstić information content (AvgIpc) is 3.24. The van der Waals surface area contributed by atoms with Gasteiger partial charge in [0, 0.05) is 34.1 Å². The summed E-state index contributed by atoms with van der Waals surface area (Å²) in [7, 11) is 0. The van der Waals surface area contributed by atoms with E-state index in [0.29, 0.717) is 39.5 Å². The molecular formula is C17H17Cl2N3O3S2. The molecule has 6 nitrogen and oxygen atoms in total. The molecule has 144 valence electrons. The lowest BCUT2D eigenvalue weighted by Crippen LogP contribution is -2.41. The Balaban J connectivity index is 1.65. The van der Waals surface area contributed by atoms with Crippen molar-refractivity contribution in [2.45, 2.75) is 29.3 Å². The summed E-state index contributed by atoms with van der Waals surface area (Å²) < 4.78 is 0.665. The summed E-state index contributed by atoms with van der Waals surface area (Å²) in [5.74, 6) is -0.387. The summed E-state index contributed by atoms with van der Waals surface area (Å²) in [4.78, 5) is 29.0. The van der Waals surface area contributed by atoms with Crippen LogP contribution in [0.25, 0.3) is 0 Å². The first-order chi connectivity index (χ1) is 12.9. The molecule has 3 N–H and O–H groups in total. The normalized spacial score (nSPS) is 18.1. The summed E-state index contributed by atoms with van der Waals surface area (Å²) >= 11 is 15.0. The average molecular weight is 446 g/mol. The Morgan fingerprint density at radius 2 is 2.26 bits per heavy atom. The van der Waals surface area contributed by atoms with Crippen LogP contribution in [0.4, 0.5) is 0 Å². The van der Waals surface area contributed by atoms with Gasteiger partial charge in [-0.05, 0) is 30.2 Å². The van der Waals surface area contributed by atoms with Crippen LogP contribution in [-0.4, -0.2) is 45.2 Å². The number of carboxylic acids is 1. The maximum absolute atomic E-state index is 12.3. The first-order valence-electron chi connectivity index (χ1n) is 8.18. The number of aromatic carboxylic acids is 1. The van der Waals surface area contributed by atoms with Gasteiger partial charge >= 0.3 is 5.97 Å². The minimum atomic E-state index is -1.04. The minimum absolute atomic E-state index is 0.0373. The molecule has 1 aromatic carbocycles. The Morgan fingerprint density at radius 3 is 2.96 bits per heavy atom. The highest BCUT2D eigenvalue weighted by atomic mass is 35.5. The number of carbonyl (C=O) groups is 2. The van der Waals surface area contributed by atoms with Crippen LogP contribution in [0, 0.1) is 0 Å². The van der Waals surface area contributed by atoms with E-state index >= 15 is 0 Å². The van der Waals surface area contributed by atoms with E-state index in [1.54, 1.807) is 23.1 Å². The molecule has 10 heteroatoms. The van der Waals surface area contributed by atoms with Gasteiger partial charge in [0.05, 0.1) is 12.1 Å². The Labute approximate surface area is 174 Å². The van der Waals surface area contributed by atoms with Crippen molar-refractivity contribution >= 4 is 58.2 Å². The van der Waals surface area contributed by atoms with Crippen LogP contribution in [0.1, 0.15) is 34.9 Å². The molecule has 1 saturated heterocycles. The van der Waals surface area contributed by atoms with Crippen molar-refractivity contribution in [3.05, 3.63) is 44.9 Å². The van der Waals surface area contributed by atoms with Gasteiger partial charge in [-0.15, -0.1) is 11.3 Å². The van der Waals surface area contributed by atoms with Gasteiger partial charge in [0.2, 0.25) is 5.91 Å². The van der Waals surface area contributed by atoms with E-state index < -0.39 is 12.0 Å². The van der Waals surface area contributed by atoms with E-state index in [1.165, 1.54) is 28.5 Å². The number of nitrogens with two attached hydrogens (primary N) is 1. The molecule has 2 aromatic rings. The third-order valence-corrected chi connectivity index (χ3v) is 6.95. The number of hydrogen-bond acceptors (Lipinski definition) is 6. The first kappa shape index (κ1) is 20.4. The molecule has 0 bridgehead atoms. The number of halogens is 2. The zero-order valence-electron chi connectivity index (χ0n) is 14.1. The minimum Gasteiger partial charge on any atom is -0.476 e. The second-order valence-corrected chi connectivity index (χ2v) is 9.08. The van der Waals surface area contributed by atoms with Crippen LogP contribution in [0.15, 0.2) is 27.9 Å². The van der Waals surface area contributed by atoms with E-state index in [4.69, 9.17) is 34.0 Å². The summed E-state index contributed by atoms with van der Waals surface area (Å²) in [5.41, 5.74) is 7.19. The molecule has 1 unspecified atom stereocenters. The van der Waals surface area contributed by atoms with Crippen LogP contribution in [0.3, 0.4) is 0 Å². The predicted octanol–water partition coefficient (Wildman–Crippen LogP) is 3.93. The maximum Gasteiger partial charge on any atom is 0.355 e. The van der Waals surface area contributed by atoms with Gasteiger partial charge in [0.15, 0.2) is 10.0 Å². The summed E-state index contributed by atoms with van der Waals surface area (Å²) in [6, 6.07) is 4.57. The van der Waals surface area contributed by atoms with Crippen LogP contribution in [0.5, 0.6) is 0 Å². The van der Waals surface area contributed by atoms with Crippen molar-refractivity contribution in [2.24, 2.45) is 5.73 Å². The second kappa shape index (κ2) is 8.79. The van der Waals surface area contributed by atoms with Gasteiger partial charge < -0.3 is 15.7 Å². The molecule has 1 fully saturated rings. The fourth-order valence-corrected chi connectivity index (χ4v) is 5.28. The number of carbonyl (C=O) groups excluding carboxylic acids is 1. The molecule has 3 rings (SSSR count). The molecule has 0 spiro atoms. The maximum atomic E-state index is 12.3. The van der Waals surface area contributed by atoms with Gasteiger partial charge in [0.25, 0.3) is 0 Å². The zero-order chi connectivity index (χ0) is 19.6. The summed E-state index contributed by atoms with van der Waals surface area (Å²) in [5, 5.41) is 11.5. The van der Waals surface area contributed by atoms with Crippen molar-refractivity contribution in [1.29, 1.82) is 0 Å². The van der Waals surface area contributed by atoms with Gasteiger partial charge in [-0.1, -0.05) is 35.0 Å². The highest BCUT2D eigenvalue weighted by Gasteiger charge is 2.36. The third kappa shape index (κ3) is 4.75. The van der Waals surface area contributed by atoms with Crippen molar-refractivity contribution in [3.63, 3.8) is 0 Å². The quantitative estimate of drug-likeness (QED) is 0.626. The standard InChI is InChI=1S/C17H17Cl2N3O3S2/c18-9-1-2-11(19)10(7-9)15(20)13-3-4-14(23)22(13)5-6-26-17-21-12(8-27-17)16(24)25/h1-2,7-8,13,15H,3-6,20H2,(H,24,25)/t13-,15?/m1/s1. The molecule has 0 aliphatic carbocycles. The van der Waals surface area contributed by atoms with Crippen molar-refractivity contribution in [3.8, 4) is 0 Å². The van der Waals surface area contributed by atoms with E-state index in [-0.39, 0.29) is 17.6 Å². The van der Waals surface area contributed by atoms with E-state index in [0.717, 1.165) is 5.56 Å². The molecular weight excluding hydrogens is 429 g/mol. The molecule has 2 atom stereocenters. The number of hydrogen-bond donors (Lipinski definition) is 2.